The van der Waals surface area contributed by atoms with E-state index >= 15 is 0 Å². The molecule has 1 atom stereocenters. The fourth-order valence-electron chi connectivity index (χ4n) is 5.89. The van der Waals surface area contributed by atoms with Gasteiger partial charge in [-0.2, -0.15) is 0 Å². The molecular weight excluding hydrogens is 740 g/mol. The first kappa shape index (κ1) is 34.3. The third-order valence-corrected chi connectivity index (χ3v) is 9.01. The lowest BCUT2D eigenvalue weighted by Crippen LogP contribution is -2.41. The summed E-state index contributed by atoms with van der Waals surface area (Å²) in [5.74, 6) is 3.46. The normalized spacial score (nSPS) is 16.2. The Balaban J connectivity index is 1.21. The molecule has 0 saturated heterocycles. The molecule has 13 heteroatoms. The molecule has 1 N–H and O–H groups in total. The van der Waals surface area contributed by atoms with Gasteiger partial charge in [-0.15, -0.1) is 0 Å². The lowest BCUT2D eigenvalue weighted by molar-refractivity contribution is 0.0380. The minimum absolute atomic E-state index is 0.129. The van der Waals surface area contributed by atoms with Crippen LogP contribution in [0.1, 0.15) is 0 Å². The Bertz CT molecular complexity index is 2190. The summed E-state index contributed by atoms with van der Waals surface area (Å²) in [7, 11) is 0. The van der Waals surface area contributed by atoms with Gasteiger partial charge in [-0.05, 0) is 76.6 Å². The van der Waals surface area contributed by atoms with E-state index in [9.17, 15) is 0 Å². The summed E-state index contributed by atoms with van der Waals surface area (Å²) >= 11 is 3.60. The van der Waals surface area contributed by atoms with Crippen LogP contribution in [-0.4, -0.2) is 72.4 Å². The third-order valence-electron chi connectivity index (χ3n) is 8.36. The van der Waals surface area contributed by atoms with Crippen molar-refractivity contribution in [1.29, 1.82) is 0 Å². The molecule has 0 amide bonds. The summed E-state index contributed by atoms with van der Waals surface area (Å²) < 4.78 is 38.0. The van der Waals surface area contributed by atoms with Crippen molar-refractivity contribution in [3.8, 4) is 45.5 Å². The van der Waals surface area contributed by atoms with Crippen LogP contribution >= 0.6 is 15.9 Å². The summed E-state index contributed by atoms with van der Waals surface area (Å²) in [6, 6.07) is 32.8. The molecule has 4 heterocycles. The second-order valence-corrected chi connectivity index (χ2v) is 12.9. The molecule has 12 nitrogen and oxygen atoms in total. The molecule has 8 rings (SSSR count). The molecule has 0 spiro atoms. The second-order valence-electron chi connectivity index (χ2n) is 12.0. The van der Waals surface area contributed by atoms with Gasteiger partial charge in [-0.1, -0.05) is 30.3 Å². The smallest absolute Gasteiger partial charge is 0.233 e. The van der Waals surface area contributed by atoms with Gasteiger partial charge in [0.1, 0.15) is 49.4 Å². The SMILES string of the molecule is Brc1ccc2cc1OCCOCC(N1c3cccc(c3)OCCOCCOc3cccc(c3)-c3ccnc1n3)Oc1cccc(c1)-c1ccnc(n1)N2. The third kappa shape index (κ3) is 8.49. The van der Waals surface area contributed by atoms with Gasteiger partial charge < -0.3 is 33.7 Å². The second kappa shape index (κ2) is 16.3. The average Bonchev–Trinajstić information content (AvgIpc) is 3.19. The van der Waals surface area contributed by atoms with E-state index in [0.717, 1.165) is 32.7 Å². The standard InChI is InChI=1S/C40H35BrN6O6/c41-34-11-10-29-24-37(34)52-21-18-49-26-38(53-33-9-2-5-28(23-33)35-12-14-42-39(44-29)45-35)47-30-6-3-8-32(25-30)51-20-17-48-16-19-50-31-7-1-4-27(22-31)36-13-15-43-40(47)46-36/h1-15,22-25,38H,16-21,26H2,(H,42,44,45). The zero-order valence-corrected chi connectivity index (χ0v) is 30.1. The Morgan fingerprint density at radius 3 is 2.13 bits per heavy atom. The van der Waals surface area contributed by atoms with Crippen molar-refractivity contribution in [3.05, 3.63) is 120 Å². The zero-order chi connectivity index (χ0) is 35.8. The van der Waals surface area contributed by atoms with Crippen molar-refractivity contribution in [2.24, 2.45) is 0 Å². The van der Waals surface area contributed by atoms with Gasteiger partial charge in [0.25, 0.3) is 0 Å². The van der Waals surface area contributed by atoms with Gasteiger partial charge >= 0.3 is 0 Å². The number of rotatable bonds is 1. The number of hydrogen-bond donors (Lipinski definition) is 1. The first-order valence-corrected chi connectivity index (χ1v) is 18.0. The summed E-state index contributed by atoms with van der Waals surface area (Å²) in [6.07, 6.45) is 2.71. The number of benzene rings is 4. The molecule has 12 bridgehead atoms. The van der Waals surface area contributed by atoms with E-state index in [0.29, 0.717) is 67.0 Å². The molecular formula is C40H35BrN6O6. The van der Waals surface area contributed by atoms with Gasteiger partial charge in [-0.3, -0.25) is 4.90 Å². The molecule has 2 aliphatic rings. The van der Waals surface area contributed by atoms with Crippen molar-refractivity contribution in [2.75, 3.05) is 56.5 Å². The molecule has 0 radical (unpaired) electrons. The Morgan fingerprint density at radius 2 is 1.30 bits per heavy atom. The van der Waals surface area contributed by atoms with Gasteiger partial charge in [0.05, 0.1) is 41.4 Å². The van der Waals surface area contributed by atoms with Gasteiger partial charge in [0.15, 0.2) is 0 Å². The molecule has 2 aromatic heterocycles. The fraction of sp³-hybridized carbons (Fsp3) is 0.200. The number of aromatic nitrogens is 4. The van der Waals surface area contributed by atoms with Crippen LogP contribution in [0.3, 0.4) is 0 Å². The van der Waals surface area contributed by atoms with E-state index in [1.807, 2.05) is 108 Å². The van der Waals surface area contributed by atoms with Gasteiger partial charge in [-0.25, -0.2) is 19.9 Å². The Morgan fingerprint density at radius 1 is 0.623 bits per heavy atom. The summed E-state index contributed by atoms with van der Waals surface area (Å²) in [4.78, 5) is 21.0. The van der Waals surface area contributed by atoms with E-state index in [4.69, 9.17) is 43.4 Å². The van der Waals surface area contributed by atoms with E-state index in [2.05, 4.69) is 26.2 Å². The number of halogens is 1. The predicted molar refractivity (Wildman–Crippen MR) is 203 cm³/mol. The predicted octanol–water partition coefficient (Wildman–Crippen LogP) is 7.85. The topological polar surface area (TPSA) is 122 Å². The van der Waals surface area contributed by atoms with Crippen LogP contribution in [0.15, 0.2) is 120 Å². The van der Waals surface area contributed by atoms with Crippen LogP contribution in [-0.2, 0) is 9.47 Å². The van der Waals surface area contributed by atoms with E-state index in [1.165, 1.54) is 0 Å². The maximum Gasteiger partial charge on any atom is 0.233 e. The van der Waals surface area contributed by atoms with E-state index < -0.39 is 6.23 Å². The highest BCUT2D eigenvalue weighted by atomic mass is 79.9. The van der Waals surface area contributed by atoms with Crippen molar-refractivity contribution in [1.82, 2.24) is 19.9 Å². The maximum absolute atomic E-state index is 6.84. The molecule has 53 heavy (non-hydrogen) atoms. The highest BCUT2D eigenvalue weighted by Gasteiger charge is 2.27. The molecule has 0 aliphatic carbocycles. The lowest BCUT2D eigenvalue weighted by Gasteiger charge is -2.32. The quantitative estimate of drug-likeness (QED) is 0.175. The molecule has 268 valence electrons. The number of anilines is 4. The Hall–Kier alpha value is -5.76. The molecule has 0 fully saturated rings. The van der Waals surface area contributed by atoms with Gasteiger partial charge in [0.2, 0.25) is 18.1 Å². The number of nitrogens with one attached hydrogen (secondary N) is 1. The van der Waals surface area contributed by atoms with Crippen LogP contribution in [0.2, 0.25) is 0 Å². The molecule has 0 saturated carbocycles. The zero-order valence-electron chi connectivity index (χ0n) is 28.6. The fourth-order valence-corrected chi connectivity index (χ4v) is 6.25. The highest BCUT2D eigenvalue weighted by molar-refractivity contribution is 9.10. The molecule has 1 unspecified atom stereocenters. The number of ether oxygens (including phenoxy) is 6. The number of nitrogens with zero attached hydrogens (tertiary/aromatic N) is 5. The molecule has 6 aromatic rings. The average molecular weight is 776 g/mol. The first-order chi connectivity index (χ1) is 26.1. The van der Waals surface area contributed by atoms with Crippen LogP contribution < -0.4 is 29.2 Å². The van der Waals surface area contributed by atoms with Crippen LogP contribution in [0.4, 0.5) is 23.3 Å². The number of fused-ring (bicyclic) bond motifs is 14. The van der Waals surface area contributed by atoms with Crippen molar-refractivity contribution in [3.63, 3.8) is 0 Å². The largest absolute Gasteiger partial charge is 0.491 e. The Labute approximate surface area is 314 Å². The maximum atomic E-state index is 6.84. The minimum atomic E-state index is -0.746. The molecule has 2 aliphatic heterocycles. The summed E-state index contributed by atoms with van der Waals surface area (Å²) in [5, 5.41) is 3.29. The first-order valence-electron chi connectivity index (χ1n) is 17.2. The highest BCUT2D eigenvalue weighted by Crippen LogP contribution is 2.34. The van der Waals surface area contributed by atoms with Crippen LogP contribution in [0.25, 0.3) is 22.5 Å². The van der Waals surface area contributed by atoms with E-state index in [1.54, 1.807) is 12.4 Å². The lowest BCUT2D eigenvalue weighted by atomic mass is 10.1. The van der Waals surface area contributed by atoms with Crippen LogP contribution in [0.5, 0.6) is 23.0 Å². The van der Waals surface area contributed by atoms with Crippen molar-refractivity contribution in [2.45, 2.75) is 6.23 Å². The number of hydrogen-bond acceptors (Lipinski definition) is 12. The summed E-state index contributed by atoms with van der Waals surface area (Å²) in [5.41, 5.74) is 4.67. The Kier molecular flexibility index (Phi) is 10.5. The van der Waals surface area contributed by atoms with Crippen LogP contribution in [0, 0.1) is 0 Å². The molecule has 4 aromatic carbocycles. The summed E-state index contributed by atoms with van der Waals surface area (Å²) in [6.45, 7) is 2.30. The van der Waals surface area contributed by atoms with Crippen molar-refractivity contribution >= 4 is 39.2 Å². The monoisotopic (exact) mass is 774 g/mol. The minimum Gasteiger partial charge on any atom is -0.491 e. The van der Waals surface area contributed by atoms with Crippen molar-refractivity contribution < 1.29 is 28.4 Å². The van der Waals surface area contributed by atoms with Gasteiger partial charge in [0, 0.05) is 41.3 Å². The van der Waals surface area contributed by atoms with E-state index in [-0.39, 0.29) is 19.8 Å².